The van der Waals surface area contributed by atoms with Gasteiger partial charge in [-0.05, 0) is 31.6 Å². The van der Waals surface area contributed by atoms with Gasteiger partial charge in [0, 0.05) is 25.7 Å². The number of rotatable bonds is 5. The Morgan fingerprint density at radius 3 is 2.82 bits per heavy atom. The zero-order chi connectivity index (χ0) is 12.5. The van der Waals surface area contributed by atoms with Crippen LogP contribution in [0.1, 0.15) is 35.3 Å². The Hall–Kier alpha value is -1.03. The minimum atomic E-state index is -0.0311. The molecule has 1 aliphatic carbocycles. The number of amides is 1. The van der Waals surface area contributed by atoms with Crippen LogP contribution in [0, 0.1) is 12.3 Å². The Labute approximate surface area is 106 Å². The SMILES string of the molecule is Cc1nn(C)cc1C(=O)NCC1(CCCl)CC1. The molecule has 2 rings (SSSR count). The predicted molar refractivity (Wildman–Crippen MR) is 67.3 cm³/mol. The van der Waals surface area contributed by atoms with Crippen molar-refractivity contribution in [2.45, 2.75) is 26.2 Å². The Kier molecular flexibility index (Phi) is 3.43. The summed E-state index contributed by atoms with van der Waals surface area (Å²) in [5, 5.41) is 7.15. The number of hydrogen-bond donors (Lipinski definition) is 1. The monoisotopic (exact) mass is 255 g/mol. The van der Waals surface area contributed by atoms with Crippen LogP contribution in [0.2, 0.25) is 0 Å². The first-order valence-electron chi connectivity index (χ1n) is 5.91. The molecule has 1 amide bonds. The molecule has 0 aromatic carbocycles. The van der Waals surface area contributed by atoms with Crippen LogP contribution in [-0.2, 0) is 7.05 Å². The van der Waals surface area contributed by atoms with Crippen LogP contribution in [0.5, 0.6) is 0 Å². The van der Waals surface area contributed by atoms with Crippen molar-refractivity contribution in [1.82, 2.24) is 15.1 Å². The molecular formula is C12H18ClN3O. The molecule has 0 spiro atoms. The summed E-state index contributed by atoms with van der Waals surface area (Å²) in [5.74, 6) is 0.637. The Balaban J connectivity index is 1.92. The molecule has 1 fully saturated rings. The van der Waals surface area contributed by atoms with E-state index in [0.29, 0.717) is 11.4 Å². The van der Waals surface area contributed by atoms with E-state index in [9.17, 15) is 4.79 Å². The summed E-state index contributed by atoms with van der Waals surface area (Å²) in [6, 6.07) is 0. The van der Waals surface area contributed by atoms with Gasteiger partial charge < -0.3 is 5.32 Å². The second kappa shape index (κ2) is 4.69. The van der Waals surface area contributed by atoms with E-state index in [1.165, 1.54) is 12.8 Å². The van der Waals surface area contributed by atoms with Crippen molar-refractivity contribution in [3.63, 3.8) is 0 Å². The van der Waals surface area contributed by atoms with Crippen molar-refractivity contribution in [3.05, 3.63) is 17.5 Å². The molecule has 0 radical (unpaired) electrons. The number of aromatic nitrogens is 2. The molecule has 0 atom stereocenters. The second-order valence-electron chi connectivity index (χ2n) is 4.92. The summed E-state index contributed by atoms with van der Waals surface area (Å²) in [6.45, 7) is 2.58. The lowest BCUT2D eigenvalue weighted by atomic mass is 10.0. The molecule has 1 N–H and O–H groups in total. The molecule has 94 valence electrons. The van der Waals surface area contributed by atoms with E-state index in [4.69, 9.17) is 11.6 Å². The zero-order valence-corrected chi connectivity index (χ0v) is 11.0. The van der Waals surface area contributed by atoms with Gasteiger partial charge in [-0.3, -0.25) is 9.48 Å². The van der Waals surface area contributed by atoms with Gasteiger partial charge in [0.15, 0.2) is 0 Å². The van der Waals surface area contributed by atoms with Crippen LogP contribution in [0.3, 0.4) is 0 Å². The van der Waals surface area contributed by atoms with Crippen LogP contribution < -0.4 is 5.32 Å². The van der Waals surface area contributed by atoms with Gasteiger partial charge in [0.1, 0.15) is 0 Å². The molecular weight excluding hydrogens is 238 g/mol. The maximum absolute atomic E-state index is 12.0. The maximum Gasteiger partial charge on any atom is 0.254 e. The van der Waals surface area contributed by atoms with Crippen LogP contribution in [0.25, 0.3) is 0 Å². The van der Waals surface area contributed by atoms with E-state index in [2.05, 4.69) is 10.4 Å². The van der Waals surface area contributed by atoms with Crippen molar-refractivity contribution < 1.29 is 4.79 Å². The molecule has 1 saturated carbocycles. The smallest absolute Gasteiger partial charge is 0.254 e. The van der Waals surface area contributed by atoms with Crippen LogP contribution in [0.4, 0.5) is 0 Å². The normalized spacial score (nSPS) is 16.9. The Bertz CT molecular complexity index is 423. The summed E-state index contributed by atoms with van der Waals surface area (Å²) in [6.07, 6.45) is 5.09. The number of hydrogen-bond acceptors (Lipinski definition) is 2. The molecule has 1 aliphatic rings. The lowest BCUT2D eigenvalue weighted by Crippen LogP contribution is -2.30. The van der Waals surface area contributed by atoms with Gasteiger partial charge in [-0.2, -0.15) is 5.10 Å². The third kappa shape index (κ3) is 2.80. The van der Waals surface area contributed by atoms with Gasteiger partial charge in [0.2, 0.25) is 0 Å². The van der Waals surface area contributed by atoms with E-state index in [0.717, 1.165) is 18.7 Å². The Morgan fingerprint density at radius 2 is 2.35 bits per heavy atom. The molecule has 0 saturated heterocycles. The van der Waals surface area contributed by atoms with E-state index < -0.39 is 0 Å². The molecule has 1 heterocycles. The highest BCUT2D eigenvalue weighted by Gasteiger charge is 2.41. The minimum absolute atomic E-state index is 0.0311. The van der Waals surface area contributed by atoms with Crippen LogP contribution in [-0.4, -0.2) is 28.1 Å². The van der Waals surface area contributed by atoms with Gasteiger partial charge >= 0.3 is 0 Å². The molecule has 4 nitrogen and oxygen atoms in total. The topological polar surface area (TPSA) is 46.9 Å². The highest BCUT2D eigenvalue weighted by Crippen LogP contribution is 2.48. The second-order valence-corrected chi connectivity index (χ2v) is 5.30. The van der Waals surface area contributed by atoms with Crippen molar-refractivity contribution >= 4 is 17.5 Å². The first-order chi connectivity index (χ1) is 8.06. The van der Waals surface area contributed by atoms with E-state index >= 15 is 0 Å². The van der Waals surface area contributed by atoms with E-state index in [1.54, 1.807) is 10.9 Å². The molecule has 17 heavy (non-hydrogen) atoms. The molecule has 0 unspecified atom stereocenters. The third-order valence-electron chi connectivity index (χ3n) is 3.46. The fourth-order valence-corrected chi connectivity index (χ4v) is 2.48. The average molecular weight is 256 g/mol. The Morgan fingerprint density at radius 1 is 1.65 bits per heavy atom. The number of carbonyl (C=O) groups is 1. The largest absolute Gasteiger partial charge is 0.351 e. The number of alkyl halides is 1. The fourth-order valence-electron chi connectivity index (χ4n) is 2.08. The van der Waals surface area contributed by atoms with Crippen molar-refractivity contribution in [1.29, 1.82) is 0 Å². The van der Waals surface area contributed by atoms with Crippen molar-refractivity contribution in [2.24, 2.45) is 12.5 Å². The van der Waals surface area contributed by atoms with Crippen molar-refractivity contribution in [3.8, 4) is 0 Å². The van der Waals surface area contributed by atoms with Gasteiger partial charge in [-0.15, -0.1) is 11.6 Å². The van der Waals surface area contributed by atoms with Gasteiger partial charge in [-0.25, -0.2) is 0 Å². The zero-order valence-electron chi connectivity index (χ0n) is 10.3. The summed E-state index contributed by atoms with van der Waals surface area (Å²) in [7, 11) is 1.82. The first kappa shape index (κ1) is 12.4. The third-order valence-corrected chi connectivity index (χ3v) is 3.65. The number of aryl methyl sites for hydroxylation is 2. The number of carbonyl (C=O) groups excluding carboxylic acids is 1. The molecule has 0 bridgehead atoms. The molecule has 0 aliphatic heterocycles. The van der Waals surface area contributed by atoms with E-state index in [1.807, 2.05) is 14.0 Å². The van der Waals surface area contributed by atoms with Gasteiger partial charge in [-0.1, -0.05) is 0 Å². The fraction of sp³-hybridized carbons (Fsp3) is 0.667. The van der Waals surface area contributed by atoms with Gasteiger partial charge in [0.05, 0.1) is 11.3 Å². The molecule has 1 aromatic rings. The number of nitrogens with one attached hydrogen (secondary N) is 1. The quantitative estimate of drug-likeness (QED) is 0.817. The van der Waals surface area contributed by atoms with Crippen LogP contribution in [0.15, 0.2) is 6.20 Å². The number of nitrogens with zero attached hydrogens (tertiary/aromatic N) is 2. The standard InChI is InChI=1S/C12H18ClN3O/c1-9-10(7-16(2)15-9)11(17)14-8-12(3-4-12)5-6-13/h7H,3-6,8H2,1-2H3,(H,14,17). The molecule has 5 heteroatoms. The average Bonchev–Trinajstić information content (AvgIpc) is 2.95. The van der Waals surface area contributed by atoms with Crippen LogP contribution >= 0.6 is 11.6 Å². The van der Waals surface area contributed by atoms with Gasteiger partial charge in [0.25, 0.3) is 5.91 Å². The lowest BCUT2D eigenvalue weighted by Gasteiger charge is -2.13. The summed E-state index contributed by atoms with van der Waals surface area (Å²) >= 11 is 5.76. The minimum Gasteiger partial charge on any atom is -0.351 e. The highest BCUT2D eigenvalue weighted by molar-refractivity contribution is 6.17. The van der Waals surface area contributed by atoms with Crippen molar-refractivity contribution in [2.75, 3.05) is 12.4 Å². The summed E-state index contributed by atoms with van der Waals surface area (Å²) < 4.78 is 1.66. The summed E-state index contributed by atoms with van der Waals surface area (Å²) in [5.41, 5.74) is 1.70. The maximum atomic E-state index is 12.0. The highest BCUT2D eigenvalue weighted by atomic mass is 35.5. The summed E-state index contributed by atoms with van der Waals surface area (Å²) in [4.78, 5) is 12.0. The molecule has 1 aromatic heterocycles. The number of halogens is 1. The lowest BCUT2D eigenvalue weighted by molar-refractivity contribution is 0.0943. The predicted octanol–water partition coefficient (Wildman–Crippen LogP) is 1.87. The first-order valence-corrected chi connectivity index (χ1v) is 6.44. The van der Waals surface area contributed by atoms with E-state index in [-0.39, 0.29) is 11.3 Å².